The Kier molecular flexibility index (Phi) is 3.95. The number of primary sulfonamides is 1. The summed E-state index contributed by atoms with van der Waals surface area (Å²) in [5.74, 6) is -1.29. The average Bonchev–Trinajstić information content (AvgIpc) is 2.14. The van der Waals surface area contributed by atoms with Gasteiger partial charge in [0.25, 0.3) is 0 Å². The van der Waals surface area contributed by atoms with Crippen LogP contribution in [0.25, 0.3) is 0 Å². The maximum Gasteiger partial charge on any atom is 0.336 e. The lowest BCUT2D eigenvalue weighted by Gasteiger charge is -2.13. The number of carboxylic acids is 1. The smallest absolute Gasteiger partial charge is 0.336 e. The molecule has 1 rings (SSSR count). The second-order valence-electron chi connectivity index (χ2n) is 3.87. The van der Waals surface area contributed by atoms with E-state index in [9.17, 15) is 13.2 Å². The van der Waals surface area contributed by atoms with Gasteiger partial charge in [-0.05, 0) is 39.5 Å². The molecule has 0 spiro atoms. The topological polar surface area (TPSA) is 97.5 Å². The molecular formula is C10H12BrNO4S. The van der Waals surface area contributed by atoms with Crippen molar-refractivity contribution in [3.63, 3.8) is 0 Å². The molecule has 17 heavy (non-hydrogen) atoms. The minimum atomic E-state index is -3.94. The summed E-state index contributed by atoms with van der Waals surface area (Å²) in [7, 11) is -3.94. The van der Waals surface area contributed by atoms with Crippen LogP contribution in [0.5, 0.6) is 0 Å². The maximum atomic E-state index is 11.4. The summed E-state index contributed by atoms with van der Waals surface area (Å²) >= 11 is 3.10. The third-order valence-electron chi connectivity index (χ3n) is 2.26. The Morgan fingerprint density at radius 3 is 2.29 bits per heavy atom. The van der Waals surface area contributed by atoms with Crippen LogP contribution in [0.3, 0.4) is 0 Å². The number of sulfonamides is 1. The Bertz CT molecular complexity index is 566. The molecule has 94 valence electrons. The van der Waals surface area contributed by atoms with Gasteiger partial charge in [-0.1, -0.05) is 13.8 Å². The second-order valence-corrected chi connectivity index (χ2v) is 6.26. The van der Waals surface area contributed by atoms with Crippen LogP contribution < -0.4 is 5.14 Å². The van der Waals surface area contributed by atoms with Crippen LogP contribution >= 0.6 is 15.9 Å². The normalized spacial score (nSPS) is 11.8. The SMILES string of the molecule is CC(C)c1cc(Br)c(C(=O)O)cc1S(N)(=O)=O. The number of hydrogen-bond acceptors (Lipinski definition) is 3. The fraction of sp³-hybridized carbons (Fsp3) is 0.300. The number of rotatable bonds is 3. The first-order chi connectivity index (χ1) is 7.64. The molecule has 1 aromatic carbocycles. The lowest BCUT2D eigenvalue weighted by molar-refractivity contribution is 0.0695. The van der Waals surface area contributed by atoms with Gasteiger partial charge in [-0.25, -0.2) is 18.4 Å². The summed E-state index contributed by atoms with van der Waals surface area (Å²) in [6.45, 7) is 3.60. The van der Waals surface area contributed by atoms with Crippen LogP contribution in [0.1, 0.15) is 35.7 Å². The van der Waals surface area contributed by atoms with Gasteiger partial charge in [0.2, 0.25) is 10.0 Å². The number of carbonyl (C=O) groups is 1. The predicted molar refractivity (Wildman–Crippen MR) is 66.6 cm³/mol. The quantitative estimate of drug-likeness (QED) is 0.888. The molecule has 5 nitrogen and oxygen atoms in total. The summed E-state index contributed by atoms with van der Waals surface area (Å²) in [5.41, 5.74) is 0.364. The first-order valence-electron chi connectivity index (χ1n) is 4.74. The van der Waals surface area contributed by atoms with E-state index < -0.39 is 16.0 Å². The molecule has 0 aliphatic heterocycles. The molecule has 0 heterocycles. The lowest BCUT2D eigenvalue weighted by Crippen LogP contribution is -2.16. The Labute approximate surface area is 108 Å². The monoisotopic (exact) mass is 321 g/mol. The van der Waals surface area contributed by atoms with E-state index in [4.69, 9.17) is 10.2 Å². The zero-order valence-corrected chi connectivity index (χ0v) is 11.7. The van der Waals surface area contributed by atoms with Gasteiger partial charge in [0.1, 0.15) is 0 Å². The van der Waals surface area contributed by atoms with Crippen molar-refractivity contribution in [3.05, 3.63) is 27.7 Å². The van der Waals surface area contributed by atoms with Gasteiger partial charge < -0.3 is 5.11 Å². The summed E-state index contributed by atoms with van der Waals surface area (Å²) in [4.78, 5) is 10.8. The van der Waals surface area contributed by atoms with Crippen molar-refractivity contribution in [2.45, 2.75) is 24.7 Å². The molecule has 0 aromatic heterocycles. The van der Waals surface area contributed by atoms with Crippen molar-refractivity contribution in [2.24, 2.45) is 5.14 Å². The van der Waals surface area contributed by atoms with Crippen LogP contribution in [-0.2, 0) is 10.0 Å². The number of carboxylic acid groups (broad SMARTS) is 1. The molecule has 0 saturated heterocycles. The largest absolute Gasteiger partial charge is 0.478 e. The molecule has 0 radical (unpaired) electrons. The Hall–Kier alpha value is -0.920. The van der Waals surface area contributed by atoms with Crippen LogP contribution in [0.15, 0.2) is 21.5 Å². The highest BCUT2D eigenvalue weighted by molar-refractivity contribution is 9.10. The standard InChI is InChI=1S/C10H12BrNO4S/c1-5(2)6-3-8(11)7(10(13)14)4-9(6)17(12,15)16/h3-5H,1-2H3,(H,13,14)(H2,12,15,16). The molecule has 0 aliphatic rings. The van der Waals surface area contributed by atoms with Crippen molar-refractivity contribution < 1.29 is 18.3 Å². The first kappa shape index (κ1) is 14.1. The van der Waals surface area contributed by atoms with Crippen LogP contribution in [0, 0.1) is 0 Å². The summed E-state index contributed by atoms with van der Waals surface area (Å²) < 4.78 is 23.2. The van der Waals surface area contributed by atoms with E-state index in [1.54, 1.807) is 13.8 Å². The third-order valence-corrected chi connectivity index (χ3v) is 3.88. The van der Waals surface area contributed by atoms with E-state index in [-0.39, 0.29) is 16.4 Å². The maximum absolute atomic E-state index is 11.4. The minimum absolute atomic E-state index is 0.0810. The van der Waals surface area contributed by atoms with Gasteiger partial charge >= 0.3 is 5.97 Å². The van der Waals surface area contributed by atoms with Crippen molar-refractivity contribution in [2.75, 3.05) is 0 Å². The van der Waals surface area contributed by atoms with E-state index in [2.05, 4.69) is 15.9 Å². The van der Waals surface area contributed by atoms with Gasteiger partial charge in [-0.2, -0.15) is 0 Å². The van der Waals surface area contributed by atoms with Crippen LogP contribution in [0.2, 0.25) is 0 Å². The zero-order valence-electron chi connectivity index (χ0n) is 9.27. The van der Waals surface area contributed by atoms with Gasteiger partial charge in [0, 0.05) is 4.47 Å². The number of nitrogens with two attached hydrogens (primary N) is 1. The molecule has 7 heteroatoms. The van der Waals surface area contributed by atoms with Crippen LogP contribution in [-0.4, -0.2) is 19.5 Å². The van der Waals surface area contributed by atoms with Crippen LogP contribution in [0.4, 0.5) is 0 Å². The van der Waals surface area contributed by atoms with E-state index in [0.29, 0.717) is 10.0 Å². The first-order valence-corrected chi connectivity index (χ1v) is 7.08. The molecule has 0 saturated carbocycles. The molecule has 0 amide bonds. The van der Waals surface area contributed by atoms with Gasteiger partial charge in [-0.15, -0.1) is 0 Å². The minimum Gasteiger partial charge on any atom is -0.478 e. The predicted octanol–water partition coefficient (Wildman–Crippen LogP) is 1.92. The average molecular weight is 322 g/mol. The molecule has 1 aromatic rings. The molecule has 0 atom stereocenters. The van der Waals surface area contributed by atoms with Crippen molar-refractivity contribution in [1.82, 2.24) is 0 Å². The van der Waals surface area contributed by atoms with Gasteiger partial charge in [0.05, 0.1) is 10.5 Å². The van der Waals surface area contributed by atoms with Crippen molar-refractivity contribution in [3.8, 4) is 0 Å². The van der Waals surface area contributed by atoms with Gasteiger partial charge in [0.15, 0.2) is 0 Å². The van der Waals surface area contributed by atoms with E-state index in [1.807, 2.05) is 0 Å². The zero-order chi connectivity index (χ0) is 13.4. The molecule has 0 unspecified atom stereocenters. The number of hydrogen-bond donors (Lipinski definition) is 2. The van der Waals surface area contributed by atoms with E-state index in [0.717, 1.165) is 6.07 Å². The molecular weight excluding hydrogens is 310 g/mol. The Balaban J connectivity index is 3.66. The van der Waals surface area contributed by atoms with Crippen molar-refractivity contribution >= 4 is 31.9 Å². The van der Waals surface area contributed by atoms with E-state index >= 15 is 0 Å². The Morgan fingerprint density at radius 1 is 1.41 bits per heavy atom. The Morgan fingerprint density at radius 2 is 1.94 bits per heavy atom. The lowest BCUT2D eigenvalue weighted by atomic mass is 10.0. The fourth-order valence-corrected chi connectivity index (χ4v) is 2.87. The molecule has 0 bridgehead atoms. The van der Waals surface area contributed by atoms with E-state index in [1.165, 1.54) is 6.07 Å². The fourth-order valence-electron chi connectivity index (χ4n) is 1.43. The number of benzene rings is 1. The van der Waals surface area contributed by atoms with Gasteiger partial charge in [-0.3, -0.25) is 0 Å². The molecule has 0 fully saturated rings. The highest BCUT2D eigenvalue weighted by Gasteiger charge is 2.21. The summed E-state index contributed by atoms with van der Waals surface area (Å²) in [5, 5.41) is 14.0. The number of halogens is 1. The molecule has 3 N–H and O–H groups in total. The highest BCUT2D eigenvalue weighted by atomic mass is 79.9. The second kappa shape index (κ2) is 4.75. The summed E-state index contributed by atoms with van der Waals surface area (Å²) in [6, 6.07) is 2.56. The molecule has 0 aliphatic carbocycles. The van der Waals surface area contributed by atoms with Crippen molar-refractivity contribution in [1.29, 1.82) is 0 Å². The highest BCUT2D eigenvalue weighted by Crippen LogP contribution is 2.29. The third kappa shape index (κ3) is 3.05. The number of aromatic carboxylic acids is 1. The summed E-state index contributed by atoms with van der Waals surface area (Å²) in [6.07, 6.45) is 0.